The summed E-state index contributed by atoms with van der Waals surface area (Å²) in [7, 11) is 1.29. The van der Waals surface area contributed by atoms with E-state index in [2.05, 4.69) is 10.1 Å². The van der Waals surface area contributed by atoms with Gasteiger partial charge in [-0.25, -0.2) is 9.59 Å². The molecule has 0 spiro atoms. The Morgan fingerprint density at radius 3 is 2.57 bits per heavy atom. The van der Waals surface area contributed by atoms with Gasteiger partial charge in [-0.05, 0) is 18.4 Å². The Bertz CT molecular complexity index is 470. The normalized spacial score (nSPS) is 11.9. The molecule has 0 aromatic heterocycles. The Balaban J connectivity index is 2.47. The lowest BCUT2D eigenvalue weighted by molar-refractivity contribution is -0.142. The topological polar surface area (TPSA) is 64.6 Å². The standard InChI is InChI=1S/C16H21NO4/c1-3-4-6-11-14(15(18)20-2)17-16(19)21-12-13-9-7-5-8-10-13/h4-10,14H,3,11-12H2,1-2H3,(H,17,19)/b6-4-/t14-/m0/s1. The molecule has 0 aliphatic rings. The number of methoxy groups -OCH3 is 1. The molecule has 21 heavy (non-hydrogen) atoms. The van der Waals surface area contributed by atoms with Gasteiger partial charge in [-0.2, -0.15) is 0 Å². The van der Waals surface area contributed by atoms with Crippen LogP contribution >= 0.6 is 0 Å². The first kappa shape index (κ1) is 16.8. The van der Waals surface area contributed by atoms with Gasteiger partial charge in [-0.3, -0.25) is 0 Å². The second-order valence-corrected chi connectivity index (χ2v) is 4.40. The number of carbonyl (C=O) groups excluding carboxylic acids is 2. The van der Waals surface area contributed by atoms with E-state index < -0.39 is 18.1 Å². The van der Waals surface area contributed by atoms with Crippen molar-refractivity contribution in [2.45, 2.75) is 32.4 Å². The third-order valence-corrected chi connectivity index (χ3v) is 2.76. The molecule has 1 aromatic rings. The third-order valence-electron chi connectivity index (χ3n) is 2.76. The molecule has 1 aromatic carbocycles. The molecular weight excluding hydrogens is 270 g/mol. The number of benzene rings is 1. The van der Waals surface area contributed by atoms with Gasteiger partial charge < -0.3 is 14.8 Å². The van der Waals surface area contributed by atoms with Gasteiger partial charge in [0.2, 0.25) is 0 Å². The highest BCUT2D eigenvalue weighted by atomic mass is 16.6. The molecule has 1 atom stereocenters. The SMILES string of the molecule is CC/C=C\C[C@H](NC(=O)OCc1ccccc1)C(=O)OC. The fourth-order valence-corrected chi connectivity index (χ4v) is 1.66. The van der Waals surface area contributed by atoms with Gasteiger partial charge in [0.1, 0.15) is 12.6 Å². The predicted molar refractivity (Wildman–Crippen MR) is 79.6 cm³/mol. The second-order valence-electron chi connectivity index (χ2n) is 4.40. The van der Waals surface area contributed by atoms with E-state index in [1.54, 1.807) is 0 Å². The number of ether oxygens (including phenoxy) is 2. The monoisotopic (exact) mass is 291 g/mol. The molecule has 5 heteroatoms. The summed E-state index contributed by atoms with van der Waals surface area (Å²) in [6.07, 6.45) is 4.36. The maximum absolute atomic E-state index is 11.7. The molecule has 5 nitrogen and oxygen atoms in total. The van der Waals surface area contributed by atoms with E-state index in [1.807, 2.05) is 49.4 Å². The number of carbonyl (C=O) groups is 2. The molecule has 0 aliphatic carbocycles. The second kappa shape index (κ2) is 9.58. The van der Waals surface area contributed by atoms with Crippen LogP contribution in [0.4, 0.5) is 4.79 Å². The fourth-order valence-electron chi connectivity index (χ4n) is 1.66. The summed E-state index contributed by atoms with van der Waals surface area (Å²) in [6.45, 7) is 2.15. The van der Waals surface area contributed by atoms with Crippen molar-refractivity contribution in [2.24, 2.45) is 0 Å². The minimum atomic E-state index is -0.735. The summed E-state index contributed by atoms with van der Waals surface area (Å²) in [6, 6.07) is 8.59. The van der Waals surface area contributed by atoms with Crippen LogP contribution in [0.15, 0.2) is 42.5 Å². The fraction of sp³-hybridized carbons (Fsp3) is 0.375. The van der Waals surface area contributed by atoms with Crippen LogP contribution in [-0.4, -0.2) is 25.2 Å². The van der Waals surface area contributed by atoms with Crippen LogP contribution in [0, 0.1) is 0 Å². The van der Waals surface area contributed by atoms with Crippen molar-refractivity contribution in [3.05, 3.63) is 48.0 Å². The van der Waals surface area contributed by atoms with Gasteiger partial charge in [0, 0.05) is 0 Å². The number of rotatable bonds is 7. The highest BCUT2D eigenvalue weighted by Gasteiger charge is 2.20. The molecule has 0 bridgehead atoms. The maximum atomic E-state index is 11.7. The lowest BCUT2D eigenvalue weighted by Crippen LogP contribution is -2.41. The van der Waals surface area contributed by atoms with Crippen molar-refractivity contribution >= 4 is 12.1 Å². The lowest BCUT2D eigenvalue weighted by Gasteiger charge is -2.14. The average Bonchev–Trinajstić information content (AvgIpc) is 2.52. The zero-order chi connectivity index (χ0) is 15.5. The first-order chi connectivity index (χ1) is 10.2. The Hall–Kier alpha value is -2.30. The average molecular weight is 291 g/mol. The van der Waals surface area contributed by atoms with Crippen LogP contribution in [0.5, 0.6) is 0 Å². The Labute approximate surface area is 124 Å². The van der Waals surface area contributed by atoms with Crippen LogP contribution < -0.4 is 5.32 Å². The molecule has 0 saturated heterocycles. The van der Waals surface area contributed by atoms with Crippen LogP contribution in [0.1, 0.15) is 25.3 Å². The van der Waals surface area contributed by atoms with Gasteiger partial charge in [-0.15, -0.1) is 0 Å². The van der Waals surface area contributed by atoms with Crippen LogP contribution in [0.2, 0.25) is 0 Å². The molecule has 0 saturated carbocycles. The molecule has 0 radical (unpaired) electrons. The van der Waals surface area contributed by atoms with E-state index in [1.165, 1.54) is 7.11 Å². The Kier molecular flexibility index (Phi) is 7.64. The molecule has 1 rings (SSSR count). The number of alkyl carbamates (subject to hydrolysis) is 1. The third kappa shape index (κ3) is 6.61. The minimum Gasteiger partial charge on any atom is -0.467 e. The number of esters is 1. The number of nitrogens with one attached hydrogen (secondary N) is 1. The molecule has 0 aliphatic heterocycles. The summed E-state index contributed by atoms with van der Waals surface area (Å²) in [5.74, 6) is -0.493. The van der Waals surface area contributed by atoms with Gasteiger partial charge in [0.05, 0.1) is 7.11 Å². The number of hydrogen-bond donors (Lipinski definition) is 1. The summed E-state index contributed by atoms with van der Waals surface area (Å²) in [5.41, 5.74) is 0.883. The highest BCUT2D eigenvalue weighted by molar-refractivity contribution is 5.81. The first-order valence-corrected chi connectivity index (χ1v) is 6.87. The lowest BCUT2D eigenvalue weighted by atomic mass is 10.2. The molecule has 114 valence electrons. The maximum Gasteiger partial charge on any atom is 0.408 e. The summed E-state index contributed by atoms with van der Waals surface area (Å²) in [4.78, 5) is 23.3. The van der Waals surface area contributed by atoms with E-state index in [0.717, 1.165) is 12.0 Å². The Morgan fingerprint density at radius 2 is 1.95 bits per heavy atom. The van der Waals surface area contributed by atoms with E-state index in [-0.39, 0.29) is 6.61 Å². The zero-order valence-corrected chi connectivity index (χ0v) is 12.4. The first-order valence-electron chi connectivity index (χ1n) is 6.87. The molecule has 0 heterocycles. The molecule has 0 unspecified atom stereocenters. The smallest absolute Gasteiger partial charge is 0.408 e. The number of hydrogen-bond acceptors (Lipinski definition) is 4. The van der Waals surface area contributed by atoms with Crippen molar-refractivity contribution in [3.8, 4) is 0 Å². The van der Waals surface area contributed by atoms with Gasteiger partial charge in [-0.1, -0.05) is 49.4 Å². The molecular formula is C16H21NO4. The predicted octanol–water partition coefficient (Wildman–Crippen LogP) is 2.81. The van der Waals surface area contributed by atoms with Crippen molar-refractivity contribution < 1.29 is 19.1 Å². The van der Waals surface area contributed by atoms with Crippen molar-refractivity contribution in [1.82, 2.24) is 5.32 Å². The number of allylic oxidation sites excluding steroid dienone is 1. The molecule has 0 fully saturated rings. The summed E-state index contributed by atoms with van der Waals surface area (Å²) >= 11 is 0. The molecule has 1 amide bonds. The van der Waals surface area contributed by atoms with Gasteiger partial charge >= 0.3 is 12.1 Å². The van der Waals surface area contributed by atoms with E-state index >= 15 is 0 Å². The van der Waals surface area contributed by atoms with E-state index in [4.69, 9.17) is 4.74 Å². The van der Waals surface area contributed by atoms with Crippen LogP contribution in [-0.2, 0) is 20.9 Å². The van der Waals surface area contributed by atoms with Crippen molar-refractivity contribution in [1.29, 1.82) is 0 Å². The van der Waals surface area contributed by atoms with Gasteiger partial charge in [0.25, 0.3) is 0 Å². The summed E-state index contributed by atoms with van der Waals surface area (Å²) < 4.78 is 9.74. The largest absolute Gasteiger partial charge is 0.467 e. The van der Waals surface area contributed by atoms with Crippen molar-refractivity contribution in [2.75, 3.05) is 7.11 Å². The Morgan fingerprint density at radius 1 is 1.24 bits per heavy atom. The van der Waals surface area contributed by atoms with E-state index in [9.17, 15) is 9.59 Å². The minimum absolute atomic E-state index is 0.158. The van der Waals surface area contributed by atoms with Crippen LogP contribution in [0.3, 0.4) is 0 Å². The zero-order valence-electron chi connectivity index (χ0n) is 12.4. The molecule has 1 N–H and O–H groups in total. The van der Waals surface area contributed by atoms with Gasteiger partial charge in [0.15, 0.2) is 0 Å². The number of amides is 1. The van der Waals surface area contributed by atoms with E-state index in [0.29, 0.717) is 6.42 Å². The van der Waals surface area contributed by atoms with Crippen molar-refractivity contribution in [3.63, 3.8) is 0 Å². The quantitative estimate of drug-likeness (QED) is 0.619. The van der Waals surface area contributed by atoms with Crippen LogP contribution in [0.25, 0.3) is 0 Å². The summed E-state index contributed by atoms with van der Waals surface area (Å²) in [5, 5.41) is 2.51. The highest BCUT2D eigenvalue weighted by Crippen LogP contribution is 2.02.